The van der Waals surface area contributed by atoms with Gasteiger partial charge in [0.2, 0.25) is 0 Å². The van der Waals surface area contributed by atoms with Crippen LogP contribution in [-0.4, -0.2) is 43.4 Å². The monoisotopic (exact) mass is 381 g/mol. The molecule has 8 heteroatoms. The molecule has 122 valence electrons. The molecule has 0 radical (unpaired) electrons. The standard InChI is InChI=1S/C15H16BrN3O4/c16-11-10(7-20)23-14(12(11)21)19-6-9(13(17)18-15(19)22)8-4-2-1-3-5-8/h1-6,10-12,14,20-21H,7H2,(H2,17,18,22)/t10-,11+,12-,14-/m1/s1. The highest BCUT2D eigenvalue weighted by molar-refractivity contribution is 9.09. The van der Waals surface area contributed by atoms with Crippen LogP contribution in [0.2, 0.25) is 0 Å². The largest absolute Gasteiger partial charge is 0.394 e. The molecule has 1 aliphatic rings. The van der Waals surface area contributed by atoms with E-state index in [1.165, 1.54) is 10.8 Å². The van der Waals surface area contributed by atoms with Crippen molar-refractivity contribution in [2.24, 2.45) is 0 Å². The zero-order valence-electron chi connectivity index (χ0n) is 12.0. The van der Waals surface area contributed by atoms with Gasteiger partial charge in [0.05, 0.1) is 17.5 Å². The van der Waals surface area contributed by atoms with E-state index in [-0.39, 0.29) is 12.4 Å². The number of nitrogen functional groups attached to an aromatic ring is 1. The molecule has 0 spiro atoms. The van der Waals surface area contributed by atoms with Gasteiger partial charge < -0.3 is 20.7 Å². The van der Waals surface area contributed by atoms with E-state index in [2.05, 4.69) is 20.9 Å². The molecule has 0 aliphatic carbocycles. The van der Waals surface area contributed by atoms with Crippen molar-refractivity contribution in [1.29, 1.82) is 0 Å². The van der Waals surface area contributed by atoms with E-state index in [9.17, 15) is 15.0 Å². The second-order valence-corrected chi connectivity index (χ2v) is 6.34. The summed E-state index contributed by atoms with van der Waals surface area (Å²) in [5.74, 6) is 0.110. The lowest BCUT2D eigenvalue weighted by atomic mass is 10.1. The Bertz CT molecular complexity index is 752. The van der Waals surface area contributed by atoms with E-state index in [1.54, 1.807) is 0 Å². The molecule has 0 bridgehead atoms. The number of hydrogen-bond acceptors (Lipinski definition) is 6. The Morgan fingerprint density at radius 1 is 1.35 bits per heavy atom. The highest BCUT2D eigenvalue weighted by atomic mass is 79.9. The average molecular weight is 382 g/mol. The van der Waals surface area contributed by atoms with Gasteiger partial charge in [-0.2, -0.15) is 4.98 Å². The van der Waals surface area contributed by atoms with Crippen LogP contribution in [0.25, 0.3) is 11.1 Å². The highest BCUT2D eigenvalue weighted by Gasteiger charge is 2.43. The van der Waals surface area contributed by atoms with Crippen molar-refractivity contribution in [3.8, 4) is 11.1 Å². The summed E-state index contributed by atoms with van der Waals surface area (Å²) >= 11 is 3.27. The van der Waals surface area contributed by atoms with Gasteiger partial charge in [0.25, 0.3) is 0 Å². The number of hydrogen-bond donors (Lipinski definition) is 3. The van der Waals surface area contributed by atoms with Crippen molar-refractivity contribution in [3.63, 3.8) is 0 Å². The summed E-state index contributed by atoms with van der Waals surface area (Å²) in [6.45, 7) is -0.272. The Morgan fingerprint density at radius 3 is 2.65 bits per heavy atom. The van der Waals surface area contributed by atoms with E-state index in [4.69, 9.17) is 10.5 Å². The number of halogens is 1. The molecule has 3 rings (SSSR count). The highest BCUT2D eigenvalue weighted by Crippen LogP contribution is 2.34. The van der Waals surface area contributed by atoms with Crippen molar-refractivity contribution in [2.45, 2.75) is 23.3 Å². The first-order valence-corrected chi connectivity index (χ1v) is 7.97. The van der Waals surface area contributed by atoms with Gasteiger partial charge in [-0.3, -0.25) is 4.57 Å². The number of aliphatic hydroxyl groups excluding tert-OH is 2. The minimum absolute atomic E-state index is 0.110. The van der Waals surface area contributed by atoms with E-state index >= 15 is 0 Å². The first-order chi connectivity index (χ1) is 11.0. The molecule has 1 fully saturated rings. The first kappa shape index (κ1) is 16.1. The number of nitrogens with two attached hydrogens (primary N) is 1. The van der Waals surface area contributed by atoms with Gasteiger partial charge in [-0.1, -0.05) is 46.3 Å². The smallest absolute Gasteiger partial charge is 0.351 e. The first-order valence-electron chi connectivity index (χ1n) is 7.05. The zero-order chi connectivity index (χ0) is 16.6. The summed E-state index contributed by atoms with van der Waals surface area (Å²) in [7, 11) is 0. The number of anilines is 1. The molecular weight excluding hydrogens is 366 g/mol. The van der Waals surface area contributed by atoms with Gasteiger partial charge in [0.15, 0.2) is 6.23 Å². The van der Waals surface area contributed by atoms with Gasteiger partial charge in [0, 0.05) is 11.8 Å². The minimum Gasteiger partial charge on any atom is -0.394 e. The van der Waals surface area contributed by atoms with Crippen molar-refractivity contribution in [2.75, 3.05) is 12.3 Å². The maximum Gasteiger partial charge on any atom is 0.351 e. The maximum atomic E-state index is 12.2. The second-order valence-electron chi connectivity index (χ2n) is 5.28. The lowest BCUT2D eigenvalue weighted by Gasteiger charge is -2.19. The van der Waals surface area contributed by atoms with Gasteiger partial charge in [0.1, 0.15) is 11.9 Å². The normalized spacial score (nSPS) is 27.3. The molecular formula is C15H16BrN3O4. The van der Waals surface area contributed by atoms with Crippen LogP contribution >= 0.6 is 15.9 Å². The fourth-order valence-corrected chi connectivity index (χ4v) is 3.14. The van der Waals surface area contributed by atoms with E-state index in [1.807, 2.05) is 30.3 Å². The van der Waals surface area contributed by atoms with E-state index in [0.717, 1.165) is 5.56 Å². The SMILES string of the molecule is Nc1nc(=O)n([C@@H]2O[C@H](CO)[C@H](Br)[C@H]2O)cc1-c1ccccc1. The Kier molecular flexibility index (Phi) is 4.49. The van der Waals surface area contributed by atoms with Crippen LogP contribution in [-0.2, 0) is 4.74 Å². The quantitative estimate of drug-likeness (QED) is 0.667. The second kappa shape index (κ2) is 6.40. The van der Waals surface area contributed by atoms with Crippen molar-refractivity contribution in [1.82, 2.24) is 9.55 Å². The topological polar surface area (TPSA) is 111 Å². The molecule has 4 atom stereocenters. The third kappa shape index (κ3) is 2.90. The number of nitrogens with zero attached hydrogens (tertiary/aromatic N) is 2. The van der Waals surface area contributed by atoms with Crippen LogP contribution < -0.4 is 11.4 Å². The molecule has 23 heavy (non-hydrogen) atoms. The Morgan fingerprint density at radius 2 is 2.04 bits per heavy atom. The number of ether oxygens (including phenoxy) is 1. The fraction of sp³-hybridized carbons (Fsp3) is 0.333. The summed E-state index contributed by atoms with van der Waals surface area (Å²) in [6, 6.07) is 9.26. The molecule has 1 saturated heterocycles. The van der Waals surface area contributed by atoms with Crippen molar-refractivity contribution in [3.05, 3.63) is 47.0 Å². The van der Waals surface area contributed by atoms with Crippen LogP contribution in [0.15, 0.2) is 41.3 Å². The molecule has 1 aromatic carbocycles. The Balaban J connectivity index is 2.06. The van der Waals surface area contributed by atoms with Crippen LogP contribution in [0, 0.1) is 0 Å². The summed E-state index contributed by atoms with van der Waals surface area (Å²) in [6.07, 6.45) is -1.04. The predicted octanol–water partition coefficient (Wildman–Crippen LogP) is 0.507. The van der Waals surface area contributed by atoms with Gasteiger partial charge in [-0.15, -0.1) is 0 Å². The zero-order valence-corrected chi connectivity index (χ0v) is 13.6. The summed E-state index contributed by atoms with van der Waals surface area (Å²) in [5.41, 5.74) is 6.61. The number of aromatic nitrogens is 2. The van der Waals surface area contributed by atoms with Crippen LogP contribution in [0.4, 0.5) is 5.82 Å². The molecule has 1 aromatic heterocycles. The molecule has 4 N–H and O–H groups in total. The number of benzene rings is 1. The molecule has 2 heterocycles. The van der Waals surface area contributed by atoms with Gasteiger partial charge in [-0.25, -0.2) is 4.79 Å². The minimum atomic E-state index is -1.00. The summed E-state index contributed by atoms with van der Waals surface area (Å²) in [5, 5.41) is 19.5. The van der Waals surface area contributed by atoms with E-state index < -0.39 is 29.0 Å². The summed E-state index contributed by atoms with van der Waals surface area (Å²) in [4.78, 5) is 15.5. The maximum absolute atomic E-state index is 12.2. The van der Waals surface area contributed by atoms with E-state index in [0.29, 0.717) is 5.56 Å². The number of rotatable bonds is 3. The molecule has 0 unspecified atom stereocenters. The van der Waals surface area contributed by atoms with Crippen molar-refractivity contribution >= 4 is 21.7 Å². The fourth-order valence-electron chi connectivity index (χ4n) is 2.59. The predicted molar refractivity (Wildman–Crippen MR) is 88.1 cm³/mol. The van der Waals surface area contributed by atoms with Crippen LogP contribution in [0.3, 0.4) is 0 Å². The van der Waals surface area contributed by atoms with Crippen LogP contribution in [0.5, 0.6) is 0 Å². The summed E-state index contributed by atoms with van der Waals surface area (Å²) < 4.78 is 6.77. The van der Waals surface area contributed by atoms with Crippen molar-refractivity contribution < 1.29 is 14.9 Å². The average Bonchev–Trinajstić information content (AvgIpc) is 2.84. The Labute approximate surface area is 140 Å². The lowest BCUT2D eigenvalue weighted by Crippen LogP contribution is -2.34. The Hall–Kier alpha value is -1.74. The molecule has 2 aromatic rings. The third-order valence-electron chi connectivity index (χ3n) is 3.81. The molecule has 1 aliphatic heterocycles. The van der Waals surface area contributed by atoms with Crippen LogP contribution in [0.1, 0.15) is 6.23 Å². The number of aliphatic hydroxyl groups is 2. The van der Waals surface area contributed by atoms with Gasteiger partial charge in [-0.05, 0) is 5.56 Å². The molecule has 0 amide bonds. The third-order valence-corrected chi connectivity index (χ3v) is 4.94. The molecule has 0 saturated carbocycles. The lowest BCUT2D eigenvalue weighted by molar-refractivity contribution is -0.0528. The molecule has 7 nitrogen and oxygen atoms in total. The van der Waals surface area contributed by atoms with Gasteiger partial charge >= 0.3 is 5.69 Å². The number of alkyl halides is 1.